The van der Waals surface area contributed by atoms with Gasteiger partial charge in [-0.25, -0.2) is 0 Å². The summed E-state index contributed by atoms with van der Waals surface area (Å²) in [5.74, 6) is 1.92. The van der Waals surface area contributed by atoms with Crippen LogP contribution in [0.3, 0.4) is 0 Å². The van der Waals surface area contributed by atoms with Gasteiger partial charge in [0.15, 0.2) is 0 Å². The third-order valence-electron chi connectivity index (χ3n) is 5.49. The standard InChI is InChI=1S/C23H32N2O2/c1-5-25(6-2)13-14-27-20-8-9-21-18(16-20)11-12-24-23(21)19-7-10-22(26-4)17(3)15-19/h7-10,15-16,23-24H,5-6,11-14H2,1-4H3. The Hall–Kier alpha value is -2.04. The number of hydrogen-bond acceptors (Lipinski definition) is 4. The van der Waals surface area contributed by atoms with Crippen LogP contribution in [0.25, 0.3) is 0 Å². The molecule has 0 aliphatic carbocycles. The van der Waals surface area contributed by atoms with E-state index in [1.54, 1.807) is 7.11 Å². The summed E-state index contributed by atoms with van der Waals surface area (Å²) in [5, 5.41) is 3.66. The molecule has 4 nitrogen and oxygen atoms in total. The predicted octanol–water partition coefficient (Wildman–Crippen LogP) is 3.96. The molecule has 146 valence electrons. The van der Waals surface area contributed by atoms with Crippen LogP contribution in [0.15, 0.2) is 36.4 Å². The first-order chi connectivity index (χ1) is 13.2. The minimum Gasteiger partial charge on any atom is -0.496 e. The predicted molar refractivity (Wildman–Crippen MR) is 111 cm³/mol. The lowest BCUT2D eigenvalue weighted by Gasteiger charge is -2.28. The maximum Gasteiger partial charge on any atom is 0.121 e. The maximum atomic E-state index is 6.02. The summed E-state index contributed by atoms with van der Waals surface area (Å²) in [6, 6.07) is 13.2. The maximum absolute atomic E-state index is 6.02. The molecule has 4 heteroatoms. The van der Waals surface area contributed by atoms with Crippen LogP contribution in [-0.4, -0.2) is 44.8 Å². The van der Waals surface area contributed by atoms with Crippen molar-refractivity contribution in [2.24, 2.45) is 0 Å². The van der Waals surface area contributed by atoms with Gasteiger partial charge < -0.3 is 19.7 Å². The lowest BCUT2D eigenvalue weighted by molar-refractivity contribution is 0.222. The lowest BCUT2D eigenvalue weighted by atomic mass is 9.89. The van der Waals surface area contributed by atoms with Gasteiger partial charge in [-0.2, -0.15) is 0 Å². The molecule has 0 amide bonds. The highest BCUT2D eigenvalue weighted by atomic mass is 16.5. The van der Waals surface area contributed by atoms with Crippen molar-refractivity contribution in [3.05, 3.63) is 58.7 Å². The van der Waals surface area contributed by atoms with Crippen molar-refractivity contribution in [3.8, 4) is 11.5 Å². The Balaban J connectivity index is 1.74. The second-order valence-electron chi connectivity index (χ2n) is 7.10. The molecule has 0 saturated carbocycles. The molecule has 27 heavy (non-hydrogen) atoms. The molecule has 1 N–H and O–H groups in total. The van der Waals surface area contributed by atoms with E-state index in [1.807, 2.05) is 0 Å². The molecule has 0 bridgehead atoms. The highest BCUT2D eigenvalue weighted by Crippen LogP contribution is 2.33. The Kier molecular flexibility index (Phi) is 6.75. The average molecular weight is 369 g/mol. The summed E-state index contributed by atoms with van der Waals surface area (Å²) >= 11 is 0. The molecule has 0 fully saturated rings. The monoisotopic (exact) mass is 368 g/mol. The van der Waals surface area contributed by atoms with Gasteiger partial charge in [0.2, 0.25) is 0 Å². The molecule has 0 spiro atoms. The zero-order valence-electron chi connectivity index (χ0n) is 17.0. The fourth-order valence-electron chi connectivity index (χ4n) is 3.84. The van der Waals surface area contributed by atoms with Gasteiger partial charge >= 0.3 is 0 Å². The molecule has 1 aliphatic rings. The second-order valence-corrected chi connectivity index (χ2v) is 7.10. The van der Waals surface area contributed by atoms with E-state index < -0.39 is 0 Å². The zero-order valence-corrected chi connectivity index (χ0v) is 17.0. The van der Waals surface area contributed by atoms with Crippen LogP contribution in [0.5, 0.6) is 11.5 Å². The van der Waals surface area contributed by atoms with Gasteiger partial charge in [-0.15, -0.1) is 0 Å². The largest absolute Gasteiger partial charge is 0.496 e. The number of likely N-dealkylation sites (N-methyl/N-ethyl adjacent to an activating group) is 1. The topological polar surface area (TPSA) is 33.7 Å². The van der Waals surface area contributed by atoms with E-state index in [0.29, 0.717) is 0 Å². The Morgan fingerprint density at radius 1 is 1.11 bits per heavy atom. The SMILES string of the molecule is CCN(CC)CCOc1ccc2c(c1)CCNC2c1ccc(OC)c(C)c1. The number of rotatable bonds is 8. The molecule has 1 heterocycles. The third kappa shape index (κ3) is 4.63. The van der Waals surface area contributed by atoms with Crippen molar-refractivity contribution >= 4 is 0 Å². The first-order valence-electron chi connectivity index (χ1n) is 10.0. The van der Waals surface area contributed by atoms with E-state index in [2.05, 4.69) is 67.4 Å². The molecule has 0 saturated heterocycles. The number of benzene rings is 2. The number of fused-ring (bicyclic) bond motifs is 1. The van der Waals surface area contributed by atoms with Crippen molar-refractivity contribution in [1.29, 1.82) is 0 Å². The summed E-state index contributed by atoms with van der Waals surface area (Å²) in [7, 11) is 1.72. The molecule has 2 aromatic rings. The van der Waals surface area contributed by atoms with Gasteiger partial charge in [0.05, 0.1) is 13.2 Å². The van der Waals surface area contributed by atoms with Gasteiger partial charge in [0, 0.05) is 13.1 Å². The van der Waals surface area contributed by atoms with E-state index in [4.69, 9.17) is 9.47 Å². The molecule has 1 unspecified atom stereocenters. The van der Waals surface area contributed by atoms with Crippen LogP contribution in [0, 0.1) is 6.92 Å². The van der Waals surface area contributed by atoms with E-state index >= 15 is 0 Å². The van der Waals surface area contributed by atoms with Crippen molar-refractivity contribution in [2.75, 3.05) is 39.9 Å². The minimum atomic E-state index is 0.225. The molecule has 0 aromatic heterocycles. The van der Waals surface area contributed by atoms with Gasteiger partial charge in [0.1, 0.15) is 18.1 Å². The lowest BCUT2D eigenvalue weighted by Crippen LogP contribution is -2.30. The molecule has 2 aromatic carbocycles. The van der Waals surface area contributed by atoms with Gasteiger partial charge in [0.25, 0.3) is 0 Å². The number of aryl methyl sites for hydroxylation is 1. The van der Waals surface area contributed by atoms with Crippen LogP contribution < -0.4 is 14.8 Å². The molecular weight excluding hydrogens is 336 g/mol. The zero-order chi connectivity index (χ0) is 19.2. The molecule has 3 rings (SSSR count). The summed E-state index contributed by atoms with van der Waals surface area (Å²) in [5.41, 5.74) is 5.18. The molecule has 1 aliphatic heterocycles. The van der Waals surface area contributed by atoms with Gasteiger partial charge in [-0.05, 0) is 66.9 Å². The van der Waals surface area contributed by atoms with Crippen molar-refractivity contribution < 1.29 is 9.47 Å². The molecule has 1 atom stereocenters. The molecule has 0 radical (unpaired) electrons. The average Bonchev–Trinajstić information content (AvgIpc) is 2.70. The summed E-state index contributed by atoms with van der Waals surface area (Å²) in [6.45, 7) is 11.3. The van der Waals surface area contributed by atoms with Crippen LogP contribution >= 0.6 is 0 Å². The number of ether oxygens (including phenoxy) is 2. The number of nitrogens with zero attached hydrogens (tertiary/aromatic N) is 1. The highest BCUT2D eigenvalue weighted by Gasteiger charge is 2.22. The first-order valence-corrected chi connectivity index (χ1v) is 10.0. The van der Waals surface area contributed by atoms with E-state index in [0.717, 1.165) is 50.7 Å². The van der Waals surface area contributed by atoms with Crippen LogP contribution in [0.2, 0.25) is 0 Å². The van der Waals surface area contributed by atoms with E-state index in [1.165, 1.54) is 22.3 Å². The van der Waals surface area contributed by atoms with Crippen LogP contribution in [0.4, 0.5) is 0 Å². The Morgan fingerprint density at radius 3 is 2.63 bits per heavy atom. The fourth-order valence-corrected chi connectivity index (χ4v) is 3.84. The van der Waals surface area contributed by atoms with E-state index in [-0.39, 0.29) is 6.04 Å². The minimum absolute atomic E-state index is 0.225. The number of nitrogens with one attached hydrogen (secondary N) is 1. The summed E-state index contributed by atoms with van der Waals surface area (Å²) < 4.78 is 11.4. The van der Waals surface area contributed by atoms with Crippen molar-refractivity contribution in [1.82, 2.24) is 10.2 Å². The second kappa shape index (κ2) is 9.25. The van der Waals surface area contributed by atoms with Gasteiger partial charge in [-0.3, -0.25) is 0 Å². The Labute approximate surface area is 163 Å². The smallest absolute Gasteiger partial charge is 0.121 e. The van der Waals surface area contributed by atoms with Crippen LogP contribution in [-0.2, 0) is 6.42 Å². The Morgan fingerprint density at radius 2 is 1.93 bits per heavy atom. The number of hydrogen-bond donors (Lipinski definition) is 1. The molecular formula is C23H32N2O2. The summed E-state index contributed by atoms with van der Waals surface area (Å²) in [6.07, 6.45) is 1.04. The van der Waals surface area contributed by atoms with E-state index in [9.17, 15) is 0 Å². The normalized spacial score (nSPS) is 16.3. The van der Waals surface area contributed by atoms with Crippen LogP contribution in [0.1, 0.15) is 42.1 Å². The Bertz CT molecular complexity index is 756. The summed E-state index contributed by atoms with van der Waals surface area (Å²) in [4.78, 5) is 2.38. The first kappa shape index (κ1) is 19.7. The quantitative estimate of drug-likeness (QED) is 0.765. The number of methoxy groups -OCH3 is 1. The fraction of sp³-hybridized carbons (Fsp3) is 0.478. The van der Waals surface area contributed by atoms with Gasteiger partial charge in [-0.1, -0.05) is 32.0 Å². The van der Waals surface area contributed by atoms with Crippen molar-refractivity contribution in [2.45, 2.75) is 33.2 Å². The highest BCUT2D eigenvalue weighted by molar-refractivity contribution is 5.46. The third-order valence-corrected chi connectivity index (χ3v) is 5.49. The van der Waals surface area contributed by atoms with Crippen molar-refractivity contribution in [3.63, 3.8) is 0 Å².